The van der Waals surface area contributed by atoms with E-state index in [1.54, 1.807) is 16.8 Å². The SMILES string of the molecule is COC(=O)c1ccc2c(=O)[nH]c(CSc3nnnn3-c3ccc(C)cc3)nc2c1. The molecule has 0 bridgehead atoms. The lowest BCUT2D eigenvalue weighted by Gasteiger charge is -2.06. The summed E-state index contributed by atoms with van der Waals surface area (Å²) in [5.41, 5.74) is 2.46. The lowest BCUT2D eigenvalue weighted by Crippen LogP contribution is -2.12. The van der Waals surface area contributed by atoms with Crippen molar-refractivity contribution in [2.24, 2.45) is 0 Å². The van der Waals surface area contributed by atoms with Crippen LogP contribution >= 0.6 is 11.8 Å². The summed E-state index contributed by atoms with van der Waals surface area (Å²) in [6.45, 7) is 2.01. The van der Waals surface area contributed by atoms with Gasteiger partial charge in [-0.25, -0.2) is 9.78 Å². The first kappa shape index (κ1) is 18.8. The van der Waals surface area contributed by atoms with E-state index < -0.39 is 5.97 Å². The summed E-state index contributed by atoms with van der Waals surface area (Å²) in [7, 11) is 1.30. The Hall–Kier alpha value is -3.53. The van der Waals surface area contributed by atoms with Gasteiger partial charge in [0.1, 0.15) is 5.82 Å². The van der Waals surface area contributed by atoms with Crippen LogP contribution in [0.25, 0.3) is 16.6 Å². The molecule has 29 heavy (non-hydrogen) atoms. The third-order valence-electron chi connectivity index (χ3n) is 4.23. The molecule has 4 rings (SSSR count). The van der Waals surface area contributed by atoms with E-state index >= 15 is 0 Å². The van der Waals surface area contributed by atoms with Gasteiger partial charge in [0.2, 0.25) is 5.16 Å². The van der Waals surface area contributed by atoms with Crippen LogP contribution < -0.4 is 5.56 Å². The number of H-pyrrole nitrogens is 1. The molecule has 9 nitrogen and oxygen atoms in total. The van der Waals surface area contributed by atoms with Crippen molar-refractivity contribution in [3.05, 3.63) is 69.8 Å². The smallest absolute Gasteiger partial charge is 0.337 e. The average Bonchev–Trinajstić information content (AvgIpc) is 3.20. The van der Waals surface area contributed by atoms with Crippen LogP contribution in [0.5, 0.6) is 0 Å². The zero-order valence-electron chi connectivity index (χ0n) is 15.6. The molecule has 146 valence electrons. The highest BCUT2D eigenvalue weighted by atomic mass is 32.2. The molecule has 2 aromatic heterocycles. The minimum atomic E-state index is -0.484. The van der Waals surface area contributed by atoms with E-state index in [-0.39, 0.29) is 5.56 Å². The fraction of sp³-hybridized carbons (Fsp3) is 0.158. The highest BCUT2D eigenvalue weighted by molar-refractivity contribution is 7.98. The molecule has 1 N–H and O–H groups in total. The number of thioether (sulfide) groups is 1. The van der Waals surface area contributed by atoms with Crippen molar-refractivity contribution in [3.63, 3.8) is 0 Å². The highest BCUT2D eigenvalue weighted by Gasteiger charge is 2.13. The summed E-state index contributed by atoms with van der Waals surface area (Å²) in [6.07, 6.45) is 0. The first-order valence-corrected chi connectivity index (χ1v) is 9.63. The molecule has 0 radical (unpaired) electrons. The second kappa shape index (κ2) is 7.84. The minimum Gasteiger partial charge on any atom is -0.465 e. The summed E-state index contributed by atoms with van der Waals surface area (Å²) >= 11 is 1.34. The predicted molar refractivity (Wildman–Crippen MR) is 107 cm³/mol. The molecule has 0 aliphatic heterocycles. The maximum atomic E-state index is 12.4. The van der Waals surface area contributed by atoms with Crippen LogP contribution in [-0.4, -0.2) is 43.3 Å². The molecule has 0 aliphatic rings. The molecule has 0 aliphatic carbocycles. The van der Waals surface area contributed by atoms with Crippen LogP contribution in [0.1, 0.15) is 21.7 Å². The van der Waals surface area contributed by atoms with Gasteiger partial charge < -0.3 is 9.72 Å². The number of methoxy groups -OCH3 is 1. The third kappa shape index (κ3) is 3.87. The number of ether oxygens (including phenoxy) is 1. The standard InChI is InChI=1S/C19H16N6O3S/c1-11-3-6-13(7-4-11)25-19(22-23-24-25)29-10-16-20-15-9-12(18(27)28-2)5-8-14(15)17(26)21-16/h3-9H,10H2,1-2H3,(H,20,21,26). The van der Waals surface area contributed by atoms with Gasteiger partial charge in [0.15, 0.2) is 0 Å². The van der Waals surface area contributed by atoms with E-state index in [9.17, 15) is 9.59 Å². The van der Waals surface area contributed by atoms with Crippen molar-refractivity contribution in [2.45, 2.75) is 17.8 Å². The number of aromatic amines is 1. The number of fused-ring (bicyclic) bond motifs is 1. The number of nitrogens with one attached hydrogen (secondary N) is 1. The molecule has 10 heteroatoms. The highest BCUT2D eigenvalue weighted by Crippen LogP contribution is 2.22. The molecular formula is C19H16N6O3S. The number of rotatable bonds is 5. The van der Waals surface area contributed by atoms with Crippen LogP contribution in [0.2, 0.25) is 0 Å². The van der Waals surface area contributed by atoms with Gasteiger partial charge in [-0.3, -0.25) is 4.79 Å². The van der Waals surface area contributed by atoms with Gasteiger partial charge in [-0.2, -0.15) is 4.68 Å². The number of nitrogens with zero attached hydrogens (tertiary/aromatic N) is 5. The first-order valence-electron chi connectivity index (χ1n) is 8.64. The lowest BCUT2D eigenvalue weighted by atomic mass is 10.1. The van der Waals surface area contributed by atoms with Gasteiger partial charge in [-0.05, 0) is 47.7 Å². The number of carbonyl (C=O) groups is 1. The second-order valence-electron chi connectivity index (χ2n) is 6.23. The minimum absolute atomic E-state index is 0.278. The number of benzene rings is 2. The first-order chi connectivity index (χ1) is 14.0. The van der Waals surface area contributed by atoms with E-state index in [0.29, 0.717) is 33.2 Å². The molecule has 0 saturated carbocycles. The van der Waals surface area contributed by atoms with Crippen LogP contribution in [0.3, 0.4) is 0 Å². The van der Waals surface area contributed by atoms with Crippen LogP contribution in [0.4, 0.5) is 0 Å². The number of tetrazole rings is 1. The second-order valence-corrected chi connectivity index (χ2v) is 7.18. The van der Waals surface area contributed by atoms with Crippen molar-refractivity contribution in [3.8, 4) is 5.69 Å². The Bertz CT molecular complexity index is 1250. The molecule has 0 spiro atoms. The van der Waals surface area contributed by atoms with Gasteiger partial charge >= 0.3 is 5.97 Å². The Morgan fingerprint density at radius 1 is 1.21 bits per heavy atom. The predicted octanol–water partition coefficient (Wildman–Crippen LogP) is 2.29. The van der Waals surface area contributed by atoms with Crippen molar-refractivity contribution in [2.75, 3.05) is 7.11 Å². The van der Waals surface area contributed by atoms with Crippen molar-refractivity contribution in [1.82, 2.24) is 30.2 Å². The van der Waals surface area contributed by atoms with Crippen LogP contribution in [0.15, 0.2) is 52.4 Å². The maximum Gasteiger partial charge on any atom is 0.337 e. The van der Waals surface area contributed by atoms with E-state index in [1.807, 2.05) is 31.2 Å². The fourth-order valence-corrected chi connectivity index (χ4v) is 3.51. The van der Waals surface area contributed by atoms with Gasteiger partial charge in [-0.1, -0.05) is 29.5 Å². The molecule has 0 fully saturated rings. The zero-order chi connectivity index (χ0) is 20.4. The van der Waals surface area contributed by atoms with Gasteiger partial charge in [0, 0.05) is 0 Å². The topological polar surface area (TPSA) is 116 Å². The fourth-order valence-electron chi connectivity index (χ4n) is 2.75. The normalized spacial score (nSPS) is 11.0. The van der Waals surface area contributed by atoms with Gasteiger partial charge in [0.25, 0.3) is 5.56 Å². The van der Waals surface area contributed by atoms with Crippen molar-refractivity contribution >= 4 is 28.6 Å². The molecular weight excluding hydrogens is 392 g/mol. The molecule has 0 amide bonds. The summed E-state index contributed by atoms with van der Waals surface area (Å²) in [4.78, 5) is 31.3. The summed E-state index contributed by atoms with van der Waals surface area (Å²) in [5.74, 6) is 0.315. The van der Waals surface area contributed by atoms with E-state index in [1.165, 1.54) is 24.9 Å². The summed E-state index contributed by atoms with van der Waals surface area (Å²) in [5, 5.41) is 12.8. The van der Waals surface area contributed by atoms with Crippen LogP contribution in [-0.2, 0) is 10.5 Å². The Labute approximate surface area is 169 Å². The average molecular weight is 408 g/mol. The Balaban J connectivity index is 1.61. The van der Waals surface area contributed by atoms with Gasteiger partial charge in [0.05, 0.1) is 35.0 Å². The van der Waals surface area contributed by atoms with Crippen LogP contribution in [0, 0.1) is 6.92 Å². The quantitative estimate of drug-likeness (QED) is 0.395. The zero-order valence-corrected chi connectivity index (χ0v) is 16.4. The van der Waals surface area contributed by atoms with Crippen molar-refractivity contribution in [1.29, 1.82) is 0 Å². The molecule has 2 aromatic carbocycles. The van der Waals surface area contributed by atoms with E-state index in [0.717, 1.165) is 11.3 Å². The maximum absolute atomic E-state index is 12.4. The Morgan fingerprint density at radius 3 is 2.76 bits per heavy atom. The molecule has 4 aromatic rings. The third-order valence-corrected chi connectivity index (χ3v) is 5.16. The largest absolute Gasteiger partial charge is 0.465 e. The number of hydrogen-bond acceptors (Lipinski definition) is 8. The summed E-state index contributed by atoms with van der Waals surface area (Å²) in [6, 6.07) is 12.5. The Morgan fingerprint density at radius 2 is 2.00 bits per heavy atom. The number of carbonyl (C=O) groups excluding carboxylic acids is 1. The van der Waals surface area contributed by atoms with E-state index in [4.69, 9.17) is 4.74 Å². The molecule has 0 atom stereocenters. The number of aromatic nitrogens is 6. The molecule has 2 heterocycles. The Kier molecular flexibility index (Phi) is 5.09. The molecule has 0 unspecified atom stereocenters. The number of aryl methyl sites for hydroxylation is 1. The van der Waals surface area contributed by atoms with E-state index in [2.05, 4.69) is 25.5 Å². The lowest BCUT2D eigenvalue weighted by molar-refractivity contribution is 0.0601. The number of esters is 1. The van der Waals surface area contributed by atoms with Crippen molar-refractivity contribution < 1.29 is 9.53 Å². The monoisotopic (exact) mass is 408 g/mol. The summed E-state index contributed by atoms with van der Waals surface area (Å²) < 4.78 is 6.35. The van der Waals surface area contributed by atoms with Gasteiger partial charge in [-0.15, -0.1) is 5.10 Å². The molecule has 0 saturated heterocycles. The number of hydrogen-bond donors (Lipinski definition) is 1.